The zero-order valence-corrected chi connectivity index (χ0v) is 14.6. The number of ether oxygens (including phenoxy) is 1. The average Bonchev–Trinajstić information content (AvgIpc) is 2.61. The summed E-state index contributed by atoms with van der Waals surface area (Å²) in [7, 11) is 1.41. The maximum atomic E-state index is 11.4. The third-order valence-electron chi connectivity index (χ3n) is 5.00. The molecule has 1 saturated carbocycles. The molecule has 1 aliphatic rings. The highest BCUT2D eigenvalue weighted by atomic mass is 16.5. The maximum absolute atomic E-state index is 11.4. The number of hydrogen-bond donors (Lipinski definition) is 0. The Morgan fingerprint density at radius 1 is 1.13 bits per heavy atom. The van der Waals surface area contributed by atoms with Crippen LogP contribution in [0.3, 0.4) is 0 Å². The number of esters is 1. The van der Waals surface area contributed by atoms with Crippen LogP contribution in [0.1, 0.15) is 74.2 Å². The predicted octanol–water partition coefficient (Wildman–Crippen LogP) is 5.87. The van der Waals surface area contributed by atoms with Crippen molar-refractivity contribution in [3.63, 3.8) is 0 Å². The Balaban J connectivity index is 1.77. The molecule has 2 rings (SSSR count). The highest BCUT2D eigenvalue weighted by Gasteiger charge is 2.18. The monoisotopic (exact) mass is 314 g/mol. The zero-order valence-electron chi connectivity index (χ0n) is 14.6. The van der Waals surface area contributed by atoms with Gasteiger partial charge in [0.2, 0.25) is 0 Å². The predicted molar refractivity (Wildman–Crippen MR) is 96.4 cm³/mol. The normalized spacial score (nSPS) is 21.5. The standard InChI is InChI=1S/C21H30O2/c1-3-4-5-6-17-7-9-18(10-8-17)11-12-19-13-15-20(16-14-19)21(22)23-2/h11-18H,3-10H2,1-2H3/t17-,18-. The molecule has 0 aliphatic heterocycles. The van der Waals surface area contributed by atoms with Gasteiger partial charge in [-0.15, -0.1) is 0 Å². The van der Waals surface area contributed by atoms with Gasteiger partial charge in [-0.05, 0) is 55.2 Å². The van der Waals surface area contributed by atoms with E-state index >= 15 is 0 Å². The Hall–Kier alpha value is -1.57. The first kappa shape index (κ1) is 17.8. The molecular formula is C21H30O2. The maximum Gasteiger partial charge on any atom is 0.337 e. The van der Waals surface area contributed by atoms with Crippen LogP contribution in [0.4, 0.5) is 0 Å². The third kappa shape index (κ3) is 5.85. The molecule has 2 heteroatoms. The van der Waals surface area contributed by atoms with Crippen molar-refractivity contribution in [1.29, 1.82) is 0 Å². The minimum absolute atomic E-state index is 0.276. The SMILES string of the molecule is CCCCC[C@H]1CC[C@H](C=Cc2ccc(C(=O)OC)cc2)CC1. The van der Waals surface area contributed by atoms with E-state index in [0.29, 0.717) is 5.56 Å². The number of carbonyl (C=O) groups excluding carboxylic acids is 1. The van der Waals surface area contributed by atoms with Crippen LogP contribution in [0.2, 0.25) is 0 Å². The Kier molecular flexibility index (Phi) is 7.38. The van der Waals surface area contributed by atoms with Crippen molar-refractivity contribution in [2.75, 3.05) is 7.11 Å². The lowest BCUT2D eigenvalue weighted by Crippen LogP contribution is -2.12. The summed E-state index contributed by atoms with van der Waals surface area (Å²) in [6.45, 7) is 2.28. The summed E-state index contributed by atoms with van der Waals surface area (Å²) in [5.41, 5.74) is 1.76. The van der Waals surface area contributed by atoms with Gasteiger partial charge in [-0.3, -0.25) is 0 Å². The molecule has 0 atom stereocenters. The van der Waals surface area contributed by atoms with Crippen LogP contribution >= 0.6 is 0 Å². The van der Waals surface area contributed by atoms with Crippen molar-refractivity contribution >= 4 is 12.0 Å². The van der Waals surface area contributed by atoms with E-state index in [1.165, 1.54) is 58.5 Å². The van der Waals surface area contributed by atoms with Gasteiger partial charge in [-0.1, -0.05) is 56.9 Å². The number of methoxy groups -OCH3 is 1. The molecule has 1 fully saturated rings. The molecule has 2 nitrogen and oxygen atoms in total. The number of unbranched alkanes of at least 4 members (excludes halogenated alkanes) is 2. The highest BCUT2D eigenvalue weighted by molar-refractivity contribution is 5.89. The number of hydrogen-bond acceptors (Lipinski definition) is 2. The number of benzene rings is 1. The van der Waals surface area contributed by atoms with Gasteiger partial charge >= 0.3 is 5.97 Å². The summed E-state index contributed by atoms with van der Waals surface area (Å²) in [5, 5.41) is 0. The largest absolute Gasteiger partial charge is 0.465 e. The summed E-state index contributed by atoms with van der Waals surface area (Å²) < 4.78 is 4.72. The first-order valence-corrected chi connectivity index (χ1v) is 9.09. The molecule has 1 aromatic rings. The van der Waals surface area contributed by atoms with Crippen molar-refractivity contribution in [1.82, 2.24) is 0 Å². The first-order chi connectivity index (χ1) is 11.2. The van der Waals surface area contributed by atoms with Crippen molar-refractivity contribution in [2.24, 2.45) is 11.8 Å². The van der Waals surface area contributed by atoms with Gasteiger partial charge in [0.15, 0.2) is 0 Å². The second-order valence-corrected chi connectivity index (χ2v) is 6.75. The second kappa shape index (κ2) is 9.54. The smallest absolute Gasteiger partial charge is 0.337 e. The van der Waals surface area contributed by atoms with Gasteiger partial charge in [0, 0.05) is 0 Å². The molecule has 0 bridgehead atoms. The average molecular weight is 314 g/mol. The van der Waals surface area contributed by atoms with Crippen LogP contribution in [0, 0.1) is 11.8 Å². The number of carbonyl (C=O) groups is 1. The molecule has 0 N–H and O–H groups in total. The van der Waals surface area contributed by atoms with Crippen LogP contribution in [0.15, 0.2) is 30.3 Å². The molecule has 0 spiro atoms. The van der Waals surface area contributed by atoms with Gasteiger partial charge in [0.1, 0.15) is 0 Å². The fraction of sp³-hybridized carbons (Fsp3) is 0.571. The lowest BCUT2D eigenvalue weighted by Gasteiger charge is -2.26. The van der Waals surface area contributed by atoms with E-state index in [-0.39, 0.29) is 5.97 Å². The van der Waals surface area contributed by atoms with Gasteiger partial charge in [0.25, 0.3) is 0 Å². The molecule has 0 aromatic heterocycles. The Morgan fingerprint density at radius 3 is 2.43 bits per heavy atom. The molecule has 0 saturated heterocycles. The van der Waals surface area contributed by atoms with Gasteiger partial charge in [0.05, 0.1) is 12.7 Å². The third-order valence-corrected chi connectivity index (χ3v) is 5.00. The van der Waals surface area contributed by atoms with Gasteiger partial charge in [-0.25, -0.2) is 4.79 Å². The molecule has 0 heterocycles. The van der Waals surface area contributed by atoms with Crippen molar-refractivity contribution < 1.29 is 9.53 Å². The van der Waals surface area contributed by atoms with Crippen molar-refractivity contribution in [3.05, 3.63) is 41.5 Å². The van der Waals surface area contributed by atoms with Crippen molar-refractivity contribution in [2.45, 2.75) is 58.3 Å². The minimum atomic E-state index is -0.276. The topological polar surface area (TPSA) is 26.3 Å². The molecule has 1 aromatic carbocycles. The van der Waals surface area contributed by atoms with Crippen LogP contribution in [-0.4, -0.2) is 13.1 Å². The molecular weight excluding hydrogens is 284 g/mol. The Morgan fingerprint density at radius 2 is 1.83 bits per heavy atom. The quantitative estimate of drug-likeness (QED) is 0.464. The fourth-order valence-corrected chi connectivity index (χ4v) is 3.45. The van der Waals surface area contributed by atoms with E-state index in [9.17, 15) is 4.79 Å². The highest BCUT2D eigenvalue weighted by Crippen LogP contribution is 2.33. The summed E-state index contributed by atoms with van der Waals surface area (Å²) >= 11 is 0. The van der Waals surface area contributed by atoms with Gasteiger partial charge in [-0.2, -0.15) is 0 Å². The molecule has 1 aliphatic carbocycles. The summed E-state index contributed by atoms with van der Waals surface area (Å²) in [6.07, 6.45) is 15.5. The number of allylic oxidation sites excluding steroid dienone is 1. The molecule has 0 unspecified atom stereocenters. The van der Waals surface area contributed by atoms with Crippen molar-refractivity contribution in [3.8, 4) is 0 Å². The number of rotatable bonds is 7. The minimum Gasteiger partial charge on any atom is -0.465 e. The fourth-order valence-electron chi connectivity index (χ4n) is 3.45. The van der Waals surface area contributed by atoms with Crippen LogP contribution in [-0.2, 0) is 4.74 Å². The Labute approximate surface area is 140 Å². The molecule has 23 heavy (non-hydrogen) atoms. The van der Waals surface area contributed by atoms with E-state index in [4.69, 9.17) is 4.74 Å². The summed E-state index contributed by atoms with van der Waals surface area (Å²) in [5.74, 6) is 1.41. The van der Waals surface area contributed by atoms with Crippen LogP contribution in [0.25, 0.3) is 6.08 Å². The lowest BCUT2D eigenvalue weighted by molar-refractivity contribution is 0.0600. The van der Waals surface area contributed by atoms with E-state index in [1.807, 2.05) is 24.3 Å². The van der Waals surface area contributed by atoms with Crippen LogP contribution in [0.5, 0.6) is 0 Å². The molecule has 0 radical (unpaired) electrons. The Bertz CT molecular complexity index is 493. The van der Waals surface area contributed by atoms with E-state index in [2.05, 4.69) is 19.1 Å². The molecule has 0 amide bonds. The van der Waals surface area contributed by atoms with E-state index < -0.39 is 0 Å². The van der Waals surface area contributed by atoms with Crippen LogP contribution < -0.4 is 0 Å². The van der Waals surface area contributed by atoms with Gasteiger partial charge < -0.3 is 4.74 Å². The lowest BCUT2D eigenvalue weighted by atomic mass is 9.79. The van der Waals surface area contributed by atoms with E-state index in [1.54, 1.807) is 0 Å². The zero-order chi connectivity index (χ0) is 16.5. The second-order valence-electron chi connectivity index (χ2n) is 6.75. The first-order valence-electron chi connectivity index (χ1n) is 9.09. The van der Waals surface area contributed by atoms with E-state index in [0.717, 1.165) is 17.4 Å². The summed E-state index contributed by atoms with van der Waals surface area (Å²) in [4.78, 5) is 11.4. The summed E-state index contributed by atoms with van der Waals surface area (Å²) in [6, 6.07) is 7.63. The molecule has 126 valence electrons.